The molecule has 2 fully saturated rings. The number of likely N-dealkylation sites (N-methyl/N-ethyl adjacent to an activating group) is 2. The maximum absolute atomic E-state index is 13.1. The molecule has 2 aliphatic rings. The van der Waals surface area contributed by atoms with Gasteiger partial charge in [0.1, 0.15) is 23.3 Å². The molecule has 198 valence electrons. The van der Waals surface area contributed by atoms with E-state index in [4.69, 9.17) is 9.47 Å². The molecule has 2 atom stereocenters. The van der Waals surface area contributed by atoms with E-state index >= 15 is 0 Å². The minimum Gasteiger partial charge on any atom is -0.497 e. The molecule has 2 saturated heterocycles. The molecule has 1 aromatic carbocycles. The lowest BCUT2D eigenvalue weighted by molar-refractivity contribution is -0.138. The van der Waals surface area contributed by atoms with E-state index in [1.165, 1.54) is 12.8 Å². The summed E-state index contributed by atoms with van der Waals surface area (Å²) in [4.78, 5) is 20.5. The number of rotatable bonds is 10. The van der Waals surface area contributed by atoms with Crippen LogP contribution in [0.2, 0.25) is 0 Å². The molecule has 0 N–H and O–H groups in total. The summed E-state index contributed by atoms with van der Waals surface area (Å²) in [5.41, 5.74) is 1.87. The number of hydrogen-bond acceptors (Lipinski definition) is 6. The van der Waals surface area contributed by atoms with Crippen molar-refractivity contribution in [1.29, 1.82) is 0 Å². The molecular weight excluding hydrogens is 464 g/mol. The molecular formula is C26H44N4O4S. The van der Waals surface area contributed by atoms with Crippen LogP contribution >= 0.6 is 0 Å². The van der Waals surface area contributed by atoms with Gasteiger partial charge in [0, 0.05) is 39.3 Å². The summed E-state index contributed by atoms with van der Waals surface area (Å²) in [6, 6.07) is 4.69. The molecule has 9 heteroatoms. The SMILES string of the molecule is COc1cc(C)c(S(=O)N(C)CCOCC(=O)N(C)C2CCCN(C3CCN(C)CC3)C2)c(C)c1. The molecule has 0 bridgehead atoms. The summed E-state index contributed by atoms with van der Waals surface area (Å²) in [6.07, 6.45) is 4.62. The normalized spacial score (nSPS) is 21.3. The van der Waals surface area contributed by atoms with E-state index in [0.717, 1.165) is 60.8 Å². The third kappa shape index (κ3) is 7.49. The summed E-state index contributed by atoms with van der Waals surface area (Å²) in [7, 11) is 6.24. The summed E-state index contributed by atoms with van der Waals surface area (Å²) < 4.78 is 25.8. The topological polar surface area (TPSA) is 65.6 Å². The first-order chi connectivity index (χ1) is 16.7. The average molecular weight is 509 g/mol. The second-order valence-corrected chi connectivity index (χ2v) is 11.6. The first-order valence-corrected chi connectivity index (χ1v) is 13.9. The van der Waals surface area contributed by atoms with Crippen LogP contribution in [0.4, 0.5) is 0 Å². The van der Waals surface area contributed by atoms with E-state index in [1.807, 2.05) is 45.0 Å². The van der Waals surface area contributed by atoms with E-state index in [0.29, 0.717) is 19.2 Å². The van der Waals surface area contributed by atoms with Crippen molar-refractivity contribution in [3.63, 3.8) is 0 Å². The predicted octanol–water partition coefficient (Wildman–Crippen LogP) is 2.30. The van der Waals surface area contributed by atoms with Crippen LogP contribution < -0.4 is 4.74 Å². The van der Waals surface area contributed by atoms with Crippen LogP contribution in [0.1, 0.15) is 36.8 Å². The Bertz CT molecular complexity index is 852. The molecule has 2 heterocycles. The van der Waals surface area contributed by atoms with Crippen LogP contribution in [0.5, 0.6) is 5.75 Å². The summed E-state index contributed by atoms with van der Waals surface area (Å²) in [5, 5.41) is 0. The lowest BCUT2D eigenvalue weighted by Crippen LogP contribution is -2.54. The number of piperidine rings is 2. The Morgan fingerprint density at radius 1 is 1.11 bits per heavy atom. The van der Waals surface area contributed by atoms with Gasteiger partial charge in [-0.3, -0.25) is 9.69 Å². The number of methoxy groups -OCH3 is 1. The van der Waals surface area contributed by atoms with Crippen molar-refractivity contribution < 1.29 is 18.5 Å². The fraction of sp³-hybridized carbons (Fsp3) is 0.731. The Labute approximate surface area is 214 Å². The number of hydrogen-bond donors (Lipinski definition) is 0. The quantitative estimate of drug-likeness (QED) is 0.452. The van der Waals surface area contributed by atoms with Crippen molar-refractivity contribution in [3.8, 4) is 5.75 Å². The van der Waals surface area contributed by atoms with Gasteiger partial charge in [0.05, 0.1) is 18.6 Å². The van der Waals surface area contributed by atoms with Crippen molar-refractivity contribution in [2.75, 3.05) is 74.2 Å². The first-order valence-electron chi connectivity index (χ1n) is 12.8. The number of aryl methyl sites for hydroxylation is 2. The van der Waals surface area contributed by atoms with Gasteiger partial charge in [-0.25, -0.2) is 8.51 Å². The molecule has 0 aromatic heterocycles. The Balaban J connectivity index is 1.42. The Hall–Kier alpha value is -1.52. The number of likely N-dealkylation sites (tertiary alicyclic amines) is 2. The number of benzene rings is 1. The molecule has 1 aromatic rings. The Kier molecular flexibility index (Phi) is 10.5. The van der Waals surface area contributed by atoms with Gasteiger partial charge in [0.15, 0.2) is 0 Å². The number of ether oxygens (including phenoxy) is 2. The molecule has 2 aliphatic heterocycles. The number of carbonyl (C=O) groups is 1. The molecule has 0 radical (unpaired) electrons. The van der Waals surface area contributed by atoms with Crippen molar-refractivity contribution in [1.82, 2.24) is 19.0 Å². The van der Waals surface area contributed by atoms with Crippen LogP contribution in [0, 0.1) is 13.8 Å². The molecule has 35 heavy (non-hydrogen) atoms. The molecule has 0 spiro atoms. The standard InChI is InChI=1S/C26H44N4O4S/c1-20-16-24(33-6)17-21(2)26(20)35(32)28(4)14-15-34-19-25(31)29(5)23-8-7-11-30(18-23)22-9-12-27(3)13-10-22/h16-17,22-23H,7-15,18-19H2,1-6H3. The second kappa shape index (κ2) is 13.1. The Morgan fingerprint density at radius 3 is 2.40 bits per heavy atom. The third-order valence-electron chi connectivity index (χ3n) is 7.48. The van der Waals surface area contributed by atoms with Gasteiger partial charge >= 0.3 is 0 Å². The monoisotopic (exact) mass is 508 g/mol. The van der Waals surface area contributed by atoms with Gasteiger partial charge in [-0.2, -0.15) is 0 Å². The van der Waals surface area contributed by atoms with Crippen molar-refractivity contribution in [3.05, 3.63) is 23.3 Å². The zero-order valence-corrected chi connectivity index (χ0v) is 23.2. The molecule has 1 amide bonds. The maximum atomic E-state index is 13.1. The first kappa shape index (κ1) is 28.1. The van der Waals surface area contributed by atoms with Crippen molar-refractivity contribution >= 4 is 16.9 Å². The molecule has 2 unspecified atom stereocenters. The zero-order chi connectivity index (χ0) is 25.5. The number of carbonyl (C=O) groups excluding carboxylic acids is 1. The smallest absolute Gasteiger partial charge is 0.248 e. The van der Waals surface area contributed by atoms with Crippen LogP contribution in [0.15, 0.2) is 17.0 Å². The lowest BCUT2D eigenvalue weighted by atomic mass is 9.97. The van der Waals surface area contributed by atoms with Gasteiger partial charge in [0.2, 0.25) is 5.91 Å². The summed E-state index contributed by atoms with van der Waals surface area (Å²) in [6.45, 7) is 9.18. The number of nitrogens with zero attached hydrogens (tertiary/aromatic N) is 4. The van der Waals surface area contributed by atoms with Crippen LogP contribution in [0.3, 0.4) is 0 Å². The average Bonchev–Trinajstić information content (AvgIpc) is 2.85. The third-order valence-corrected chi connectivity index (χ3v) is 9.22. The highest BCUT2D eigenvalue weighted by Gasteiger charge is 2.31. The summed E-state index contributed by atoms with van der Waals surface area (Å²) >= 11 is 0. The van der Waals surface area contributed by atoms with Crippen LogP contribution in [-0.4, -0.2) is 115 Å². The highest BCUT2D eigenvalue weighted by Crippen LogP contribution is 2.26. The van der Waals surface area contributed by atoms with Crippen LogP contribution in [0.25, 0.3) is 0 Å². The highest BCUT2D eigenvalue weighted by atomic mass is 32.2. The minimum absolute atomic E-state index is 0.0193. The number of amides is 1. The van der Waals surface area contributed by atoms with Gasteiger partial charge < -0.3 is 19.3 Å². The minimum atomic E-state index is -1.30. The largest absolute Gasteiger partial charge is 0.497 e. The van der Waals surface area contributed by atoms with Crippen molar-refractivity contribution in [2.45, 2.75) is 56.5 Å². The Morgan fingerprint density at radius 2 is 1.77 bits per heavy atom. The van der Waals surface area contributed by atoms with E-state index in [9.17, 15) is 9.00 Å². The lowest BCUT2D eigenvalue weighted by Gasteiger charge is -2.43. The van der Waals surface area contributed by atoms with E-state index in [1.54, 1.807) is 11.4 Å². The second-order valence-electron chi connectivity index (χ2n) is 10.1. The maximum Gasteiger partial charge on any atom is 0.248 e. The zero-order valence-electron chi connectivity index (χ0n) is 22.4. The highest BCUT2D eigenvalue weighted by molar-refractivity contribution is 7.82. The van der Waals surface area contributed by atoms with Gasteiger partial charge in [-0.15, -0.1) is 0 Å². The fourth-order valence-corrected chi connectivity index (χ4v) is 6.41. The molecule has 0 aliphatic carbocycles. The van der Waals surface area contributed by atoms with E-state index in [-0.39, 0.29) is 18.6 Å². The van der Waals surface area contributed by atoms with Crippen molar-refractivity contribution in [2.24, 2.45) is 0 Å². The van der Waals surface area contributed by atoms with Gasteiger partial charge in [-0.1, -0.05) is 0 Å². The van der Waals surface area contributed by atoms with Gasteiger partial charge in [-0.05, 0) is 89.5 Å². The van der Waals surface area contributed by atoms with Crippen LogP contribution in [-0.2, 0) is 20.5 Å². The fourth-order valence-electron chi connectivity index (χ4n) is 5.19. The van der Waals surface area contributed by atoms with E-state index in [2.05, 4.69) is 16.8 Å². The molecule has 0 saturated carbocycles. The summed E-state index contributed by atoms with van der Waals surface area (Å²) in [5.74, 6) is 0.785. The molecule has 8 nitrogen and oxygen atoms in total. The molecule has 3 rings (SSSR count). The van der Waals surface area contributed by atoms with E-state index < -0.39 is 11.0 Å². The van der Waals surface area contributed by atoms with Gasteiger partial charge in [0.25, 0.3) is 0 Å². The predicted molar refractivity (Wildman–Crippen MR) is 140 cm³/mol.